The van der Waals surface area contributed by atoms with E-state index >= 15 is 0 Å². The number of hydrogen-bond donors (Lipinski definition) is 2. The third-order valence-corrected chi connectivity index (χ3v) is 3.49. The summed E-state index contributed by atoms with van der Waals surface area (Å²) in [5.74, 6) is -1.46. The lowest BCUT2D eigenvalue weighted by atomic mass is 10.1. The first kappa shape index (κ1) is 15.1. The summed E-state index contributed by atoms with van der Waals surface area (Å²) in [6.07, 6.45) is 1.27. The fourth-order valence-electron chi connectivity index (χ4n) is 2.20. The van der Waals surface area contributed by atoms with Crippen LogP contribution in [0.3, 0.4) is 0 Å². The molecule has 0 bridgehead atoms. The summed E-state index contributed by atoms with van der Waals surface area (Å²) in [7, 11) is 0. The maximum Gasteiger partial charge on any atom is 0.307 e. The Balaban J connectivity index is 1.90. The number of para-hydroxylation sites is 1. The van der Waals surface area contributed by atoms with Crippen LogP contribution in [0.4, 0.5) is 5.69 Å². The number of carboxylic acid groups (broad SMARTS) is 1. The molecule has 0 spiro atoms. The van der Waals surface area contributed by atoms with E-state index < -0.39 is 11.9 Å². The molecule has 0 saturated carbocycles. The van der Waals surface area contributed by atoms with Crippen LogP contribution in [0.25, 0.3) is 11.0 Å². The molecule has 1 aromatic carbocycles. The van der Waals surface area contributed by atoms with Gasteiger partial charge in [-0.1, -0.05) is 29.8 Å². The molecule has 2 N–H and O–H groups in total. The Bertz CT molecular complexity index is 904. The number of pyridine rings is 1. The Kier molecular flexibility index (Phi) is 3.99. The Morgan fingerprint density at radius 1 is 1.26 bits per heavy atom. The van der Waals surface area contributed by atoms with Crippen molar-refractivity contribution in [3.8, 4) is 0 Å². The number of benzene rings is 1. The summed E-state index contributed by atoms with van der Waals surface area (Å²) in [5, 5.41) is 12.3. The highest BCUT2D eigenvalue weighted by atomic mass is 35.5. The van der Waals surface area contributed by atoms with E-state index in [0.29, 0.717) is 22.2 Å². The fourth-order valence-corrected chi connectivity index (χ4v) is 2.44. The van der Waals surface area contributed by atoms with Crippen molar-refractivity contribution in [3.05, 3.63) is 59.1 Å². The van der Waals surface area contributed by atoms with E-state index in [2.05, 4.69) is 10.3 Å². The summed E-state index contributed by atoms with van der Waals surface area (Å²) >= 11 is 5.99. The van der Waals surface area contributed by atoms with Crippen LogP contribution < -0.4 is 5.32 Å². The molecule has 2 heterocycles. The normalized spacial score (nSPS) is 10.7. The zero-order chi connectivity index (χ0) is 16.4. The Labute approximate surface area is 135 Å². The first-order chi connectivity index (χ1) is 11.0. The molecule has 0 fully saturated rings. The largest absolute Gasteiger partial charge is 0.481 e. The molecule has 2 aromatic heterocycles. The molecule has 0 unspecified atom stereocenters. The van der Waals surface area contributed by atoms with Gasteiger partial charge in [-0.05, 0) is 23.8 Å². The molecule has 23 heavy (non-hydrogen) atoms. The number of carbonyl (C=O) groups is 2. The number of carbonyl (C=O) groups excluding carboxylic acids is 1. The molecule has 0 aliphatic heterocycles. The zero-order valence-corrected chi connectivity index (χ0v) is 12.5. The third kappa shape index (κ3) is 3.17. The van der Waals surface area contributed by atoms with Crippen molar-refractivity contribution in [2.75, 3.05) is 5.32 Å². The van der Waals surface area contributed by atoms with Gasteiger partial charge in [-0.15, -0.1) is 0 Å². The van der Waals surface area contributed by atoms with Crippen molar-refractivity contribution in [1.82, 2.24) is 4.98 Å². The van der Waals surface area contributed by atoms with Crippen LogP contribution >= 0.6 is 11.6 Å². The first-order valence-corrected chi connectivity index (χ1v) is 7.07. The predicted octanol–water partition coefficient (Wildman–Crippen LogP) is 3.36. The molecule has 0 aliphatic carbocycles. The number of carboxylic acids is 1. The number of rotatable bonds is 4. The summed E-state index contributed by atoms with van der Waals surface area (Å²) in [5.41, 5.74) is 1.46. The SMILES string of the molecule is O=C(O)Cc1ccccc1NC(=O)c1cc2ccoc2c(Cl)n1. The molecule has 6 nitrogen and oxygen atoms in total. The van der Waals surface area contributed by atoms with Crippen molar-refractivity contribution < 1.29 is 19.1 Å². The number of amides is 1. The molecule has 7 heteroatoms. The topological polar surface area (TPSA) is 92.4 Å². The lowest BCUT2D eigenvalue weighted by molar-refractivity contribution is -0.136. The molecule has 3 rings (SSSR count). The van der Waals surface area contributed by atoms with E-state index in [-0.39, 0.29) is 17.3 Å². The molecule has 0 aliphatic rings. The number of fused-ring (bicyclic) bond motifs is 1. The number of halogens is 1. The van der Waals surface area contributed by atoms with E-state index in [4.69, 9.17) is 21.1 Å². The average molecular weight is 331 g/mol. The van der Waals surface area contributed by atoms with Gasteiger partial charge in [0.1, 0.15) is 5.69 Å². The minimum absolute atomic E-state index is 0.0940. The molecular weight excluding hydrogens is 320 g/mol. The number of furan rings is 1. The molecule has 0 radical (unpaired) electrons. The third-order valence-electron chi connectivity index (χ3n) is 3.23. The van der Waals surface area contributed by atoms with Crippen LogP contribution in [0.1, 0.15) is 16.1 Å². The van der Waals surface area contributed by atoms with Crippen molar-refractivity contribution in [1.29, 1.82) is 0 Å². The average Bonchev–Trinajstić information content (AvgIpc) is 2.97. The number of aromatic nitrogens is 1. The van der Waals surface area contributed by atoms with Crippen LogP contribution in [0.5, 0.6) is 0 Å². The van der Waals surface area contributed by atoms with E-state index in [1.165, 1.54) is 6.26 Å². The maximum atomic E-state index is 12.4. The van der Waals surface area contributed by atoms with Gasteiger partial charge in [0.25, 0.3) is 5.91 Å². The molecule has 0 saturated heterocycles. The van der Waals surface area contributed by atoms with Crippen molar-refractivity contribution in [2.45, 2.75) is 6.42 Å². The fraction of sp³-hybridized carbons (Fsp3) is 0.0625. The number of nitrogens with zero attached hydrogens (tertiary/aromatic N) is 1. The van der Waals surface area contributed by atoms with Gasteiger partial charge in [0, 0.05) is 11.1 Å². The minimum Gasteiger partial charge on any atom is -0.481 e. The molecular formula is C16H11ClN2O4. The molecule has 3 aromatic rings. The van der Waals surface area contributed by atoms with E-state index in [1.807, 2.05) is 0 Å². The van der Waals surface area contributed by atoms with Crippen LogP contribution in [-0.2, 0) is 11.2 Å². The summed E-state index contributed by atoms with van der Waals surface area (Å²) in [6, 6.07) is 9.93. The van der Waals surface area contributed by atoms with Crippen LogP contribution in [-0.4, -0.2) is 22.0 Å². The highest BCUT2D eigenvalue weighted by Crippen LogP contribution is 2.24. The molecule has 0 atom stereocenters. The van der Waals surface area contributed by atoms with Gasteiger partial charge >= 0.3 is 5.97 Å². The van der Waals surface area contributed by atoms with Crippen LogP contribution in [0.15, 0.2) is 47.1 Å². The quantitative estimate of drug-likeness (QED) is 0.715. The highest BCUT2D eigenvalue weighted by molar-refractivity contribution is 6.33. The summed E-state index contributed by atoms with van der Waals surface area (Å²) in [4.78, 5) is 27.2. The smallest absolute Gasteiger partial charge is 0.307 e. The molecule has 116 valence electrons. The Hall–Kier alpha value is -2.86. The number of anilines is 1. The van der Waals surface area contributed by atoms with E-state index in [9.17, 15) is 9.59 Å². The van der Waals surface area contributed by atoms with Crippen molar-refractivity contribution >= 4 is 40.1 Å². The van der Waals surface area contributed by atoms with Gasteiger partial charge < -0.3 is 14.8 Å². The van der Waals surface area contributed by atoms with Gasteiger partial charge in [-0.3, -0.25) is 9.59 Å². The van der Waals surface area contributed by atoms with Crippen LogP contribution in [0, 0.1) is 0 Å². The van der Waals surface area contributed by atoms with Crippen LogP contribution in [0.2, 0.25) is 5.15 Å². The Morgan fingerprint density at radius 3 is 2.83 bits per heavy atom. The van der Waals surface area contributed by atoms with Crippen molar-refractivity contribution in [3.63, 3.8) is 0 Å². The monoisotopic (exact) mass is 330 g/mol. The van der Waals surface area contributed by atoms with Gasteiger partial charge in [0.2, 0.25) is 0 Å². The first-order valence-electron chi connectivity index (χ1n) is 6.69. The van der Waals surface area contributed by atoms with E-state index in [0.717, 1.165) is 0 Å². The van der Waals surface area contributed by atoms with Gasteiger partial charge in [-0.25, -0.2) is 4.98 Å². The summed E-state index contributed by atoms with van der Waals surface area (Å²) in [6.45, 7) is 0. The van der Waals surface area contributed by atoms with Crippen molar-refractivity contribution in [2.24, 2.45) is 0 Å². The Morgan fingerprint density at radius 2 is 2.04 bits per heavy atom. The molecule has 1 amide bonds. The minimum atomic E-state index is -0.979. The summed E-state index contributed by atoms with van der Waals surface area (Å²) < 4.78 is 5.17. The second-order valence-electron chi connectivity index (χ2n) is 4.82. The maximum absolute atomic E-state index is 12.4. The number of hydrogen-bond acceptors (Lipinski definition) is 4. The van der Waals surface area contributed by atoms with Gasteiger partial charge in [0.15, 0.2) is 10.7 Å². The number of nitrogens with one attached hydrogen (secondary N) is 1. The lowest BCUT2D eigenvalue weighted by Gasteiger charge is -2.09. The second kappa shape index (κ2) is 6.10. The number of aliphatic carboxylic acids is 1. The van der Waals surface area contributed by atoms with Gasteiger partial charge in [-0.2, -0.15) is 0 Å². The highest BCUT2D eigenvalue weighted by Gasteiger charge is 2.15. The lowest BCUT2D eigenvalue weighted by Crippen LogP contribution is -2.15. The standard InChI is InChI=1S/C16H11ClN2O4/c17-15-14-10(5-6-23-14)7-12(18-15)16(22)19-11-4-2-1-3-9(11)8-13(20)21/h1-7H,8H2,(H,19,22)(H,20,21). The predicted molar refractivity (Wildman–Crippen MR) is 84.8 cm³/mol. The zero-order valence-electron chi connectivity index (χ0n) is 11.7. The second-order valence-corrected chi connectivity index (χ2v) is 5.18. The van der Waals surface area contributed by atoms with E-state index in [1.54, 1.807) is 36.4 Å². The van der Waals surface area contributed by atoms with Gasteiger partial charge in [0.05, 0.1) is 12.7 Å².